The van der Waals surface area contributed by atoms with Crippen molar-refractivity contribution in [3.63, 3.8) is 0 Å². The van der Waals surface area contributed by atoms with Crippen LogP contribution >= 0.6 is 0 Å². The van der Waals surface area contributed by atoms with Crippen LogP contribution in [0.25, 0.3) is 0 Å². The van der Waals surface area contributed by atoms with Gasteiger partial charge in [0.25, 0.3) is 0 Å². The highest BCUT2D eigenvalue weighted by Crippen LogP contribution is 2.32. The zero-order valence-electron chi connectivity index (χ0n) is 11.3. The van der Waals surface area contributed by atoms with E-state index in [4.69, 9.17) is 9.47 Å². The summed E-state index contributed by atoms with van der Waals surface area (Å²) in [4.78, 5) is 0. The van der Waals surface area contributed by atoms with Crippen molar-refractivity contribution in [2.45, 2.75) is 44.3 Å². The van der Waals surface area contributed by atoms with Crippen molar-refractivity contribution >= 4 is 0 Å². The molecule has 1 N–H and O–H groups in total. The molecule has 0 spiro atoms. The Morgan fingerprint density at radius 1 is 1.26 bits per heavy atom. The first kappa shape index (κ1) is 13.9. The molecule has 1 aliphatic heterocycles. The molecule has 0 aromatic heterocycles. The van der Waals surface area contributed by atoms with Gasteiger partial charge in [0.2, 0.25) is 0 Å². The lowest BCUT2D eigenvalue weighted by molar-refractivity contribution is -0.0145. The first-order valence-electron chi connectivity index (χ1n) is 6.98. The number of hydrogen-bond acceptors (Lipinski definition) is 3. The Labute approximate surface area is 114 Å². The number of aliphatic hydroxyl groups is 1. The van der Waals surface area contributed by atoms with Crippen LogP contribution in [-0.2, 0) is 0 Å². The second kappa shape index (κ2) is 7.19. The molecule has 0 fully saturated rings. The van der Waals surface area contributed by atoms with Crippen LogP contribution < -0.4 is 9.47 Å². The summed E-state index contributed by atoms with van der Waals surface area (Å²) < 4.78 is 11.4. The van der Waals surface area contributed by atoms with Crippen LogP contribution in [0.4, 0.5) is 0 Å². The normalized spacial score (nSPS) is 18.9. The maximum atomic E-state index is 10.1. The highest BCUT2D eigenvalue weighted by atomic mass is 16.6. The number of allylic oxidation sites excluding steroid dienone is 1. The van der Waals surface area contributed by atoms with Gasteiger partial charge in [0.15, 0.2) is 17.6 Å². The van der Waals surface area contributed by atoms with Crippen molar-refractivity contribution in [1.82, 2.24) is 0 Å². The second-order valence-corrected chi connectivity index (χ2v) is 4.91. The molecule has 2 rings (SSSR count). The molecule has 0 bridgehead atoms. The van der Waals surface area contributed by atoms with E-state index in [1.54, 1.807) is 0 Å². The summed E-state index contributed by atoms with van der Waals surface area (Å²) in [7, 11) is 0. The molecule has 3 nitrogen and oxygen atoms in total. The summed E-state index contributed by atoms with van der Waals surface area (Å²) in [5.41, 5.74) is 0. The van der Waals surface area contributed by atoms with Crippen LogP contribution in [0.15, 0.2) is 36.9 Å². The van der Waals surface area contributed by atoms with Gasteiger partial charge in [-0.2, -0.15) is 0 Å². The number of fused-ring (bicyclic) bond motifs is 1. The van der Waals surface area contributed by atoms with Crippen molar-refractivity contribution in [3.8, 4) is 11.5 Å². The number of para-hydroxylation sites is 2. The van der Waals surface area contributed by atoms with E-state index in [2.05, 4.69) is 6.58 Å². The molecule has 19 heavy (non-hydrogen) atoms. The van der Waals surface area contributed by atoms with Gasteiger partial charge in [0.1, 0.15) is 6.61 Å². The van der Waals surface area contributed by atoms with E-state index >= 15 is 0 Å². The molecule has 0 radical (unpaired) electrons. The number of hydrogen-bond donors (Lipinski definition) is 1. The number of aliphatic hydroxyl groups excluding tert-OH is 1. The van der Waals surface area contributed by atoms with Crippen molar-refractivity contribution in [2.24, 2.45) is 0 Å². The van der Waals surface area contributed by atoms with E-state index in [1.807, 2.05) is 30.3 Å². The van der Waals surface area contributed by atoms with Crippen molar-refractivity contribution in [1.29, 1.82) is 0 Å². The van der Waals surface area contributed by atoms with Crippen LogP contribution in [0.5, 0.6) is 11.5 Å². The summed E-state index contributed by atoms with van der Waals surface area (Å²) in [6.07, 6.45) is 6.29. The summed E-state index contributed by atoms with van der Waals surface area (Å²) in [6, 6.07) is 7.58. The Morgan fingerprint density at radius 2 is 2.05 bits per heavy atom. The van der Waals surface area contributed by atoms with Gasteiger partial charge in [-0.3, -0.25) is 0 Å². The summed E-state index contributed by atoms with van der Waals surface area (Å²) in [5.74, 6) is 1.49. The predicted octanol–water partition coefficient (Wildman–Crippen LogP) is 3.32. The van der Waals surface area contributed by atoms with Gasteiger partial charge in [-0.1, -0.05) is 31.1 Å². The van der Waals surface area contributed by atoms with Gasteiger partial charge in [-0.25, -0.2) is 0 Å². The van der Waals surface area contributed by atoms with Crippen LogP contribution in [-0.4, -0.2) is 23.9 Å². The summed E-state index contributed by atoms with van der Waals surface area (Å²) >= 11 is 0. The molecule has 1 aromatic carbocycles. The van der Waals surface area contributed by atoms with Crippen molar-refractivity contribution in [2.75, 3.05) is 6.61 Å². The topological polar surface area (TPSA) is 38.7 Å². The molecule has 2 unspecified atom stereocenters. The number of unbranched alkanes of at least 4 members (excludes halogenated alkanes) is 3. The van der Waals surface area contributed by atoms with Crippen molar-refractivity contribution in [3.05, 3.63) is 36.9 Å². The Morgan fingerprint density at radius 3 is 2.84 bits per heavy atom. The molecule has 0 amide bonds. The molecule has 104 valence electrons. The molecule has 2 atom stereocenters. The molecule has 0 saturated heterocycles. The maximum absolute atomic E-state index is 10.1. The standard InChI is InChI=1S/C16H22O3/c1-2-3-4-5-6-9-13(17)16-12-18-14-10-7-8-11-15(14)19-16/h2,7-8,10-11,13,16-17H,1,3-6,9,12H2. The molecule has 3 heteroatoms. The number of ether oxygens (including phenoxy) is 2. The average molecular weight is 262 g/mol. The van der Waals surface area contributed by atoms with Crippen LogP contribution in [0, 0.1) is 0 Å². The zero-order valence-corrected chi connectivity index (χ0v) is 11.3. The van der Waals surface area contributed by atoms with Gasteiger partial charge >= 0.3 is 0 Å². The minimum absolute atomic E-state index is 0.255. The maximum Gasteiger partial charge on any atom is 0.161 e. The van der Waals surface area contributed by atoms with E-state index < -0.39 is 6.10 Å². The molecular formula is C16H22O3. The zero-order chi connectivity index (χ0) is 13.5. The smallest absolute Gasteiger partial charge is 0.161 e. The van der Waals surface area contributed by atoms with E-state index in [1.165, 1.54) is 0 Å². The minimum Gasteiger partial charge on any atom is -0.486 e. The summed E-state index contributed by atoms with van der Waals surface area (Å²) in [5, 5.41) is 10.1. The minimum atomic E-state index is -0.461. The Balaban J connectivity index is 1.75. The molecular weight excluding hydrogens is 240 g/mol. The number of benzene rings is 1. The third-order valence-corrected chi connectivity index (χ3v) is 3.37. The lowest BCUT2D eigenvalue weighted by Gasteiger charge is -2.29. The van der Waals surface area contributed by atoms with Crippen LogP contribution in [0.2, 0.25) is 0 Å². The van der Waals surface area contributed by atoms with Crippen LogP contribution in [0.3, 0.4) is 0 Å². The molecule has 0 aliphatic carbocycles. The number of rotatable bonds is 7. The third-order valence-electron chi connectivity index (χ3n) is 3.37. The lowest BCUT2D eigenvalue weighted by atomic mass is 10.0. The van der Waals surface area contributed by atoms with Gasteiger partial charge < -0.3 is 14.6 Å². The van der Waals surface area contributed by atoms with E-state index in [9.17, 15) is 5.11 Å². The van der Waals surface area contributed by atoms with Crippen LogP contribution in [0.1, 0.15) is 32.1 Å². The Hall–Kier alpha value is -1.48. The average Bonchev–Trinajstić information content (AvgIpc) is 2.46. The Kier molecular flexibility index (Phi) is 5.28. The predicted molar refractivity (Wildman–Crippen MR) is 75.6 cm³/mol. The Bertz CT molecular complexity index is 403. The monoisotopic (exact) mass is 262 g/mol. The second-order valence-electron chi connectivity index (χ2n) is 4.91. The molecule has 0 saturated carbocycles. The summed E-state index contributed by atoms with van der Waals surface area (Å²) in [6.45, 7) is 4.12. The third kappa shape index (κ3) is 4.00. The molecule has 1 aromatic rings. The van der Waals surface area contributed by atoms with Gasteiger partial charge in [-0.05, 0) is 31.4 Å². The first-order valence-corrected chi connectivity index (χ1v) is 6.98. The lowest BCUT2D eigenvalue weighted by Crippen LogP contribution is -2.39. The molecule has 1 aliphatic rings. The van der Waals surface area contributed by atoms with Gasteiger partial charge in [-0.15, -0.1) is 6.58 Å². The largest absolute Gasteiger partial charge is 0.486 e. The molecule has 1 heterocycles. The highest BCUT2D eigenvalue weighted by Gasteiger charge is 2.26. The van der Waals surface area contributed by atoms with E-state index in [0.717, 1.165) is 43.6 Å². The highest BCUT2D eigenvalue weighted by molar-refractivity contribution is 5.40. The van der Waals surface area contributed by atoms with Gasteiger partial charge in [0.05, 0.1) is 6.10 Å². The van der Waals surface area contributed by atoms with Crippen molar-refractivity contribution < 1.29 is 14.6 Å². The fourth-order valence-corrected chi connectivity index (χ4v) is 2.23. The van der Waals surface area contributed by atoms with Gasteiger partial charge in [0, 0.05) is 0 Å². The fourth-order valence-electron chi connectivity index (χ4n) is 2.23. The first-order chi connectivity index (χ1) is 9.31. The van der Waals surface area contributed by atoms with E-state index in [-0.39, 0.29) is 6.10 Å². The SMILES string of the molecule is C=CCCCCCC(O)C1COc2ccccc2O1. The van der Waals surface area contributed by atoms with E-state index in [0.29, 0.717) is 6.61 Å². The fraction of sp³-hybridized carbons (Fsp3) is 0.500. The quantitative estimate of drug-likeness (QED) is 0.605.